The predicted octanol–water partition coefficient (Wildman–Crippen LogP) is 7.50. The van der Waals surface area contributed by atoms with Gasteiger partial charge in [0.05, 0.1) is 18.4 Å². The van der Waals surface area contributed by atoms with Crippen LogP contribution in [0, 0.1) is 0 Å². The number of carbonyl (C=O) groups excluding carboxylic acids is 1. The molecule has 0 radical (unpaired) electrons. The highest BCUT2D eigenvalue weighted by molar-refractivity contribution is 5.90. The molecule has 0 saturated heterocycles. The second kappa shape index (κ2) is 8.97. The second-order valence-corrected chi connectivity index (χ2v) is 12.2. The number of hydrogen-bond acceptors (Lipinski definition) is 3. The van der Waals surface area contributed by atoms with E-state index in [4.69, 9.17) is 4.74 Å². The van der Waals surface area contributed by atoms with Gasteiger partial charge in [-0.2, -0.15) is 0 Å². The Kier molecular flexibility index (Phi) is 5.82. The number of hydrogen-bond donors (Lipinski definition) is 0. The number of methoxy groups -OCH3 is 1. The quantitative estimate of drug-likeness (QED) is 0.270. The van der Waals surface area contributed by atoms with Crippen molar-refractivity contribution in [1.82, 2.24) is 9.55 Å². The summed E-state index contributed by atoms with van der Waals surface area (Å²) in [7, 11) is 1.42. The molecule has 0 bridgehead atoms. The second-order valence-electron chi connectivity index (χ2n) is 12.2. The van der Waals surface area contributed by atoms with Crippen LogP contribution in [0.25, 0.3) is 22.4 Å². The molecular formula is C34H36N2O2. The van der Waals surface area contributed by atoms with Crippen LogP contribution >= 0.6 is 0 Å². The number of aryl methyl sites for hydroxylation is 1. The zero-order valence-corrected chi connectivity index (χ0v) is 23.1. The van der Waals surface area contributed by atoms with Crippen molar-refractivity contribution in [3.8, 4) is 22.4 Å². The number of benzene rings is 2. The molecule has 0 N–H and O–H groups in total. The summed E-state index contributed by atoms with van der Waals surface area (Å²) in [5.74, 6) is -0.307. The largest absolute Gasteiger partial charge is 0.465 e. The first kappa shape index (κ1) is 24.7. The first-order chi connectivity index (χ1) is 18.2. The van der Waals surface area contributed by atoms with Crippen molar-refractivity contribution >= 4 is 5.97 Å². The minimum Gasteiger partial charge on any atom is -0.465 e. The van der Waals surface area contributed by atoms with Crippen LogP contribution in [0.1, 0.15) is 78.7 Å². The van der Waals surface area contributed by atoms with Gasteiger partial charge in [-0.1, -0.05) is 45.9 Å². The molecule has 2 aromatic carbocycles. The Hall–Kier alpha value is -3.66. The van der Waals surface area contributed by atoms with E-state index in [0.29, 0.717) is 5.56 Å². The van der Waals surface area contributed by atoms with Gasteiger partial charge in [0.15, 0.2) is 0 Å². The molecule has 0 atom stereocenters. The monoisotopic (exact) mass is 504 g/mol. The van der Waals surface area contributed by atoms with Gasteiger partial charge in [-0.15, -0.1) is 0 Å². The molecule has 4 nitrogen and oxygen atoms in total. The van der Waals surface area contributed by atoms with E-state index in [1.165, 1.54) is 64.6 Å². The van der Waals surface area contributed by atoms with Crippen LogP contribution in [-0.4, -0.2) is 22.6 Å². The molecular weight excluding hydrogens is 468 g/mol. The number of nitrogens with zero attached hydrogens (tertiary/aromatic N) is 2. The van der Waals surface area contributed by atoms with Crippen LogP contribution in [-0.2, 0) is 35.0 Å². The Labute approximate surface area is 225 Å². The molecule has 38 heavy (non-hydrogen) atoms. The Morgan fingerprint density at radius 1 is 0.895 bits per heavy atom. The van der Waals surface area contributed by atoms with E-state index in [-0.39, 0.29) is 16.8 Å². The zero-order chi connectivity index (χ0) is 26.7. The Morgan fingerprint density at radius 2 is 1.55 bits per heavy atom. The number of ether oxygens (including phenoxy) is 1. The van der Waals surface area contributed by atoms with Crippen molar-refractivity contribution in [2.24, 2.45) is 0 Å². The third kappa shape index (κ3) is 4.07. The summed E-state index contributed by atoms with van der Waals surface area (Å²) in [6, 6.07) is 17.1. The van der Waals surface area contributed by atoms with E-state index < -0.39 is 0 Å². The van der Waals surface area contributed by atoms with Gasteiger partial charge in [-0.05, 0) is 100 Å². The smallest absolute Gasteiger partial charge is 0.337 e. The van der Waals surface area contributed by atoms with Crippen LogP contribution in [0.15, 0.2) is 67.1 Å². The van der Waals surface area contributed by atoms with E-state index in [1.54, 1.807) is 0 Å². The van der Waals surface area contributed by atoms with Crippen molar-refractivity contribution in [2.75, 3.05) is 7.11 Å². The SMILES string of the molecule is COC(=O)c1ccc(-c2cn(Cc3ccncc3)c3c2CCc2cc4c(cc2-3)C(C)(C)CCC4(C)C)cc1. The minimum atomic E-state index is -0.307. The van der Waals surface area contributed by atoms with Crippen molar-refractivity contribution in [1.29, 1.82) is 0 Å². The third-order valence-corrected chi connectivity index (χ3v) is 8.88. The average molecular weight is 505 g/mol. The number of esters is 1. The van der Waals surface area contributed by atoms with Crippen LogP contribution in [0.2, 0.25) is 0 Å². The van der Waals surface area contributed by atoms with Gasteiger partial charge in [0.1, 0.15) is 0 Å². The molecule has 2 aliphatic carbocycles. The fraction of sp³-hybridized carbons (Fsp3) is 0.353. The molecule has 0 fully saturated rings. The van der Waals surface area contributed by atoms with Crippen molar-refractivity contribution in [2.45, 2.75) is 70.8 Å². The Morgan fingerprint density at radius 3 is 2.21 bits per heavy atom. The maximum absolute atomic E-state index is 12.0. The molecule has 2 aliphatic rings. The molecule has 6 rings (SSSR count). The lowest BCUT2D eigenvalue weighted by molar-refractivity contribution is 0.0600. The standard InChI is InChI=1S/C34H36N2O2/c1-33(2)14-15-34(3,4)30-19-27-25(18-29(30)33)10-11-26-28(23-6-8-24(9-7-23)32(37)38-5)21-36(31(26)27)20-22-12-16-35-17-13-22/h6-9,12-13,16-19,21H,10-11,14-15,20H2,1-5H3. The first-order valence-corrected chi connectivity index (χ1v) is 13.7. The highest BCUT2D eigenvalue weighted by Crippen LogP contribution is 2.50. The van der Waals surface area contributed by atoms with E-state index >= 15 is 0 Å². The van der Waals surface area contributed by atoms with Gasteiger partial charge in [-0.25, -0.2) is 4.79 Å². The summed E-state index contributed by atoms with van der Waals surface area (Å²) >= 11 is 0. The average Bonchev–Trinajstić information content (AvgIpc) is 3.29. The number of pyridine rings is 1. The minimum absolute atomic E-state index is 0.159. The zero-order valence-electron chi connectivity index (χ0n) is 23.1. The highest BCUT2D eigenvalue weighted by atomic mass is 16.5. The summed E-state index contributed by atoms with van der Waals surface area (Å²) < 4.78 is 7.34. The fourth-order valence-corrected chi connectivity index (χ4v) is 6.48. The number of fused-ring (bicyclic) bond motifs is 4. The summed E-state index contributed by atoms with van der Waals surface area (Å²) in [5, 5.41) is 0. The van der Waals surface area contributed by atoms with Gasteiger partial charge >= 0.3 is 5.97 Å². The highest BCUT2D eigenvalue weighted by Gasteiger charge is 2.38. The van der Waals surface area contributed by atoms with Crippen LogP contribution < -0.4 is 0 Å². The fourth-order valence-electron chi connectivity index (χ4n) is 6.48. The van der Waals surface area contributed by atoms with E-state index in [1.807, 2.05) is 36.7 Å². The molecule has 194 valence electrons. The van der Waals surface area contributed by atoms with E-state index in [0.717, 1.165) is 24.9 Å². The molecule has 4 heteroatoms. The van der Waals surface area contributed by atoms with E-state index in [2.05, 4.69) is 67.7 Å². The van der Waals surface area contributed by atoms with Gasteiger partial charge in [0.2, 0.25) is 0 Å². The molecule has 2 aromatic heterocycles. The van der Waals surface area contributed by atoms with Crippen molar-refractivity contribution in [3.63, 3.8) is 0 Å². The lowest BCUT2D eigenvalue weighted by Gasteiger charge is -2.43. The van der Waals surface area contributed by atoms with E-state index in [9.17, 15) is 4.79 Å². The predicted molar refractivity (Wildman–Crippen MR) is 153 cm³/mol. The molecule has 4 aromatic rings. The molecule has 0 unspecified atom stereocenters. The lowest BCUT2D eigenvalue weighted by Crippen LogP contribution is -2.34. The third-order valence-electron chi connectivity index (χ3n) is 8.88. The molecule has 0 spiro atoms. The number of aromatic nitrogens is 2. The lowest BCUT2D eigenvalue weighted by atomic mass is 9.62. The first-order valence-electron chi connectivity index (χ1n) is 13.7. The number of carbonyl (C=O) groups is 1. The summed E-state index contributed by atoms with van der Waals surface area (Å²) in [5.41, 5.74) is 13.1. The van der Waals surface area contributed by atoms with Gasteiger partial charge in [-0.3, -0.25) is 4.98 Å². The van der Waals surface area contributed by atoms with Crippen LogP contribution in [0.4, 0.5) is 0 Å². The Balaban J connectivity index is 1.54. The summed E-state index contributed by atoms with van der Waals surface area (Å²) in [6.07, 6.45) is 10.5. The van der Waals surface area contributed by atoms with Gasteiger partial charge < -0.3 is 9.30 Å². The maximum Gasteiger partial charge on any atom is 0.337 e. The van der Waals surface area contributed by atoms with Gasteiger partial charge in [0, 0.05) is 36.3 Å². The molecule has 0 amide bonds. The normalized spacial score (nSPS) is 16.8. The summed E-state index contributed by atoms with van der Waals surface area (Å²) in [6.45, 7) is 10.4. The number of rotatable bonds is 4. The van der Waals surface area contributed by atoms with Gasteiger partial charge in [0.25, 0.3) is 0 Å². The van der Waals surface area contributed by atoms with Crippen molar-refractivity contribution in [3.05, 3.63) is 101 Å². The summed E-state index contributed by atoms with van der Waals surface area (Å²) in [4.78, 5) is 16.2. The van der Waals surface area contributed by atoms with Crippen LogP contribution in [0.5, 0.6) is 0 Å². The Bertz CT molecular complexity index is 1530. The molecule has 0 saturated carbocycles. The maximum atomic E-state index is 12.0. The topological polar surface area (TPSA) is 44.1 Å². The molecule has 0 aliphatic heterocycles. The molecule has 2 heterocycles. The van der Waals surface area contributed by atoms with Crippen molar-refractivity contribution < 1.29 is 9.53 Å². The van der Waals surface area contributed by atoms with Crippen LogP contribution in [0.3, 0.4) is 0 Å².